The van der Waals surface area contributed by atoms with Crippen LogP contribution in [0.1, 0.15) is 17.0 Å². The van der Waals surface area contributed by atoms with Crippen molar-refractivity contribution in [2.45, 2.75) is 13.3 Å². The smallest absolute Gasteiger partial charge is 0.0194 e. The van der Waals surface area contributed by atoms with Crippen molar-refractivity contribution >= 4 is 0 Å². The first kappa shape index (κ1) is 10.9. The minimum absolute atomic E-state index is 0.932. The Morgan fingerprint density at radius 1 is 0.944 bits per heavy atom. The second kappa shape index (κ2) is 4.57. The number of aryl methyl sites for hydroxylation is 1. The van der Waals surface area contributed by atoms with E-state index in [1.54, 1.807) is 0 Å². The lowest BCUT2D eigenvalue weighted by atomic mass is 10.0. The molecule has 3 aromatic rings. The van der Waals surface area contributed by atoms with E-state index in [0.717, 1.165) is 6.42 Å². The highest BCUT2D eigenvalue weighted by atomic mass is 14.7. The Kier molecular flexibility index (Phi) is 2.77. The van der Waals surface area contributed by atoms with Gasteiger partial charge in [-0.15, -0.1) is 0 Å². The number of benzene rings is 1. The van der Waals surface area contributed by atoms with E-state index in [9.17, 15) is 0 Å². The lowest BCUT2D eigenvalue weighted by Crippen LogP contribution is -1.89. The molecule has 0 saturated carbocycles. The van der Waals surface area contributed by atoms with Crippen molar-refractivity contribution in [2.75, 3.05) is 0 Å². The minimum atomic E-state index is 0.932. The number of hydrogen-bond donors (Lipinski definition) is 2. The fourth-order valence-corrected chi connectivity index (χ4v) is 2.30. The SMILES string of the molecule is Cc1ccc(Cc2c[nH]cc2-c2ccccc2)[nH]1. The molecule has 0 amide bonds. The number of hydrogen-bond acceptors (Lipinski definition) is 0. The predicted molar refractivity (Wildman–Crippen MR) is 74.6 cm³/mol. The second-order valence-corrected chi connectivity index (χ2v) is 4.60. The van der Waals surface area contributed by atoms with Crippen LogP contribution in [0.15, 0.2) is 54.9 Å². The number of rotatable bonds is 3. The molecule has 0 bridgehead atoms. The number of nitrogens with one attached hydrogen (secondary N) is 2. The highest BCUT2D eigenvalue weighted by Crippen LogP contribution is 2.25. The fourth-order valence-electron chi connectivity index (χ4n) is 2.30. The topological polar surface area (TPSA) is 31.6 Å². The van der Waals surface area contributed by atoms with Crippen molar-refractivity contribution in [3.05, 3.63) is 71.8 Å². The van der Waals surface area contributed by atoms with Gasteiger partial charge in [0.1, 0.15) is 0 Å². The Balaban J connectivity index is 1.93. The predicted octanol–water partition coefficient (Wildman–Crippen LogP) is 3.91. The van der Waals surface area contributed by atoms with Crippen molar-refractivity contribution in [3.63, 3.8) is 0 Å². The average molecular weight is 236 g/mol. The van der Waals surface area contributed by atoms with E-state index in [4.69, 9.17) is 0 Å². The molecule has 0 saturated heterocycles. The van der Waals surface area contributed by atoms with Gasteiger partial charge in [0.05, 0.1) is 0 Å². The molecule has 0 fully saturated rings. The van der Waals surface area contributed by atoms with E-state index < -0.39 is 0 Å². The van der Waals surface area contributed by atoms with Crippen LogP contribution in [0.4, 0.5) is 0 Å². The molecule has 0 aliphatic heterocycles. The fraction of sp³-hybridized carbons (Fsp3) is 0.125. The van der Waals surface area contributed by atoms with Crippen LogP contribution < -0.4 is 0 Å². The summed E-state index contributed by atoms with van der Waals surface area (Å²) in [5.74, 6) is 0. The standard InChI is InChI=1S/C16H16N2/c1-12-7-8-15(18-12)9-14-10-17-11-16(14)13-5-3-2-4-6-13/h2-8,10-11,17-18H,9H2,1H3. The van der Waals surface area contributed by atoms with Crippen LogP contribution in [0, 0.1) is 6.92 Å². The minimum Gasteiger partial charge on any atom is -0.367 e. The summed E-state index contributed by atoms with van der Waals surface area (Å²) in [5, 5.41) is 0. The van der Waals surface area contributed by atoms with E-state index in [1.807, 2.05) is 6.07 Å². The summed E-state index contributed by atoms with van der Waals surface area (Å²) in [7, 11) is 0. The molecule has 3 rings (SSSR count). The molecule has 0 aliphatic carbocycles. The molecule has 0 atom stereocenters. The Labute approximate surface area is 107 Å². The van der Waals surface area contributed by atoms with Crippen molar-refractivity contribution < 1.29 is 0 Å². The molecule has 90 valence electrons. The zero-order valence-corrected chi connectivity index (χ0v) is 10.4. The third kappa shape index (κ3) is 2.09. The van der Waals surface area contributed by atoms with E-state index in [1.165, 1.54) is 28.1 Å². The quantitative estimate of drug-likeness (QED) is 0.691. The third-order valence-electron chi connectivity index (χ3n) is 3.19. The third-order valence-corrected chi connectivity index (χ3v) is 3.19. The van der Waals surface area contributed by atoms with Gasteiger partial charge >= 0.3 is 0 Å². The van der Waals surface area contributed by atoms with Gasteiger partial charge in [0.25, 0.3) is 0 Å². The van der Waals surface area contributed by atoms with Crippen LogP contribution >= 0.6 is 0 Å². The van der Waals surface area contributed by atoms with Gasteiger partial charge in [0.2, 0.25) is 0 Å². The van der Waals surface area contributed by atoms with Gasteiger partial charge in [0.15, 0.2) is 0 Å². The summed E-state index contributed by atoms with van der Waals surface area (Å²) in [6, 6.07) is 14.8. The largest absolute Gasteiger partial charge is 0.367 e. The molecule has 18 heavy (non-hydrogen) atoms. The molecule has 2 nitrogen and oxygen atoms in total. The summed E-state index contributed by atoms with van der Waals surface area (Å²) in [5.41, 5.74) is 6.33. The lowest BCUT2D eigenvalue weighted by Gasteiger charge is -2.03. The van der Waals surface area contributed by atoms with E-state index >= 15 is 0 Å². The first-order valence-electron chi connectivity index (χ1n) is 6.18. The summed E-state index contributed by atoms with van der Waals surface area (Å²) >= 11 is 0. The Hall–Kier alpha value is -2.22. The maximum absolute atomic E-state index is 3.38. The molecule has 0 radical (unpaired) electrons. The van der Waals surface area contributed by atoms with E-state index in [2.05, 4.69) is 65.7 Å². The van der Waals surface area contributed by atoms with Crippen molar-refractivity contribution in [1.29, 1.82) is 0 Å². The highest BCUT2D eigenvalue weighted by Gasteiger charge is 2.07. The van der Waals surface area contributed by atoms with Crippen molar-refractivity contribution in [1.82, 2.24) is 9.97 Å². The summed E-state index contributed by atoms with van der Waals surface area (Å²) < 4.78 is 0. The van der Waals surface area contributed by atoms with Gasteiger partial charge in [-0.1, -0.05) is 30.3 Å². The lowest BCUT2D eigenvalue weighted by molar-refractivity contribution is 1.08. The second-order valence-electron chi connectivity index (χ2n) is 4.60. The van der Waals surface area contributed by atoms with Crippen molar-refractivity contribution in [3.8, 4) is 11.1 Å². The molecule has 2 aromatic heterocycles. The molecule has 1 aromatic carbocycles. The van der Waals surface area contributed by atoms with Crippen LogP contribution in [-0.2, 0) is 6.42 Å². The summed E-state index contributed by atoms with van der Waals surface area (Å²) in [4.78, 5) is 6.59. The normalized spacial score (nSPS) is 10.7. The zero-order valence-electron chi connectivity index (χ0n) is 10.4. The average Bonchev–Trinajstić information content (AvgIpc) is 3.00. The Bertz CT molecular complexity index is 632. The maximum atomic E-state index is 3.38. The van der Waals surface area contributed by atoms with Gasteiger partial charge in [-0.05, 0) is 30.2 Å². The van der Waals surface area contributed by atoms with Crippen LogP contribution in [0.3, 0.4) is 0 Å². The molecule has 2 N–H and O–H groups in total. The summed E-state index contributed by atoms with van der Waals surface area (Å²) in [6.45, 7) is 2.08. The first-order chi connectivity index (χ1) is 8.83. The van der Waals surface area contributed by atoms with Gasteiger partial charge in [-0.2, -0.15) is 0 Å². The van der Waals surface area contributed by atoms with E-state index in [-0.39, 0.29) is 0 Å². The van der Waals surface area contributed by atoms with Crippen LogP contribution in [0.2, 0.25) is 0 Å². The molecule has 2 heterocycles. The number of aromatic nitrogens is 2. The van der Waals surface area contributed by atoms with E-state index in [0.29, 0.717) is 0 Å². The molecule has 0 aliphatic rings. The molecular formula is C16H16N2. The van der Waals surface area contributed by atoms with Gasteiger partial charge in [0, 0.05) is 35.8 Å². The van der Waals surface area contributed by atoms with Gasteiger partial charge in [-0.25, -0.2) is 0 Å². The molecular weight excluding hydrogens is 220 g/mol. The van der Waals surface area contributed by atoms with Crippen LogP contribution in [0.5, 0.6) is 0 Å². The molecule has 2 heteroatoms. The first-order valence-corrected chi connectivity index (χ1v) is 6.18. The van der Waals surface area contributed by atoms with Crippen LogP contribution in [-0.4, -0.2) is 9.97 Å². The number of aromatic amines is 2. The number of H-pyrrole nitrogens is 2. The Morgan fingerprint density at radius 2 is 1.78 bits per heavy atom. The zero-order chi connectivity index (χ0) is 12.4. The highest BCUT2D eigenvalue weighted by molar-refractivity contribution is 5.67. The Morgan fingerprint density at radius 3 is 2.50 bits per heavy atom. The molecule has 0 spiro atoms. The summed E-state index contributed by atoms with van der Waals surface area (Å²) in [6.07, 6.45) is 5.08. The molecule has 0 unspecified atom stereocenters. The van der Waals surface area contributed by atoms with Crippen molar-refractivity contribution in [2.24, 2.45) is 0 Å². The monoisotopic (exact) mass is 236 g/mol. The maximum Gasteiger partial charge on any atom is 0.0194 e. The van der Waals surface area contributed by atoms with Gasteiger partial charge < -0.3 is 9.97 Å². The van der Waals surface area contributed by atoms with Crippen LogP contribution in [0.25, 0.3) is 11.1 Å². The van der Waals surface area contributed by atoms with Gasteiger partial charge in [-0.3, -0.25) is 0 Å².